The van der Waals surface area contributed by atoms with Crippen LogP contribution in [0.1, 0.15) is 66.0 Å². The molecule has 3 rings (SSSR count). The van der Waals surface area contributed by atoms with Crippen LogP contribution in [0.15, 0.2) is 24.5 Å². The number of aromatic nitrogens is 4. The minimum absolute atomic E-state index is 0.0922. The zero-order valence-corrected chi connectivity index (χ0v) is 26.1. The first-order chi connectivity index (χ1) is 23.1. The first kappa shape index (κ1) is 37.3. The number of carbonyl (C=O) groups is 7. The van der Waals surface area contributed by atoms with Crippen LogP contribution in [0.3, 0.4) is 0 Å². The SMILES string of the molecule is Cc1nc(O)c2c(CCc3ccc(C(=O)N[C@@H](CCC(=O)N[C@@H](CCC(=O)N[C@@H](CCC(=O)O)C(=O)O)C(=O)O)C(=O)O)nc3)c[nH]c2n1. The van der Waals surface area contributed by atoms with Crippen LogP contribution in [-0.2, 0) is 41.6 Å². The molecular formula is C30H35N7O12. The average Bonchev–Trinajstić information content (AvgIpc) is 3.44. The van der Waals surface area contributed by atoms with E-state index >= 15 is 0 Å². The second-order valence-electron chi connectivity index (χ2n) is 11.0. The molecule has 0 unspecified atom stereocenters. The molecule has 9 N–H and O–H groups in total. The highest BCUT2D eigenvalue weighted by Crippen LogP contribution is 2.26. The first-order valence-corrected chi connectivity index (χ1v) is 14.9. The van der Waals surface area contributed by atoms with E-state index in [2.05, 4.69) is 35.9 Å². The van der Waals surface area contributed by atoms with Gasteiger partial charge < -0.3 is 46.5 Å². The van der Waals surface area contributed by atoms with Gasteiger partial charge >= 0.3 is 23.9 Å². The quantitative estimate of drug-likeness (QED) is 0.0795. The predicted molar refractivity (Wildman–Crippen MR) is 165 cm³/mol. The predicted octanol–water partition coefficient (Wildman–Crippen LogP) is -0.101. The highest BCUT2D eigenvalue weighted by atomic mass is 16.4. The van der Waals surface area contributed by atoms with E-state index in [0.29, 0.717) is 29.7 Å². The fraction of sp³-hybridized carbons (Fsp3) is 0.400. The number of carboxylic acid groups (broad SMARTS) is 4. The Balaban J connectivity index is 1.49. The molecule has 3 aromatic rings. The summed E-state index contributed by atoms with van der Waals surface area (Å²) in [6.07, 6.45) is 1.33. The summed E-state index contributed by atoms with van der Waals surface area (Å²) in [6, 6.07) is -1.60. The number of H-pyrrole nitrogens is 1. The zero-order chi connectivity index (χ0) is 36.2. The largest absolute Gasteiger partial charge is 0.493 e. The van der Waals surface area contributed by atoms with Gasteiger partial charge in [-0.15, -0.1) is 0 Å². The normalized spacial score (nSPS) is 12.8. The molecule has 0 radical (unpaired) electrons. The average molecular weight is 686 g/mol. The lowest BCUT2D eigenvalue weighted by Crippen LogP contribution is -2.45. The molecule has 0 spiro atoms. The Morgan fingerprint density at radius 1 is 0.755 bits per heavy atom. The van der Waals surface area contributed by atoms with Gasteiger partial charge in [-0.3, -0.25) is 24.2 Å². The number of nitrogens with zero attached hydrogens (tertiary/aromatic N) is 3. The van der Waals surface area contributed by atoms with E-state index in [9.17, 15) is 48.9 Å². The van der Waals surface area contributed by atoms with Crippen molar-refractivity contribution in [2.75, 3.05) is 0 Å². The van der Waals surface area contributed by atoms with Crippen LogP contribution in [0.25, 0.3) is 11.0 Å². The number of pyridine rings is 1. The van der Waals surface area contributed by atoms with Gasteiger partial charge in [0.25, 0.3) is 5.91 Å². The highest BCUT2D eigenvalue weighted by molar-refractivity contribution is 5.95. The van der Waals surface area contributed by atoms with E-state index in [1.54, 1.807) is 19.2 Å². The van der Waals surface area contributed by atoms with Gasteiger partial charge in [-0.1, -0.05) is 6.07 Å². The fourth-order valence-corrected chi connectivity index (χ4v) is 4.72. The van der Waals surface area contributed by atoms with E-state index in [0.717, 1.165) is 11.1 Å². The molecule has 3 atom stereocenters. The summed E-state index contributed by atoms with van der Waals surface area (Å²) in [5.74, 6) is -8.03. The van der Waals surface area contributed by atoms with Gasteiger partial charge in [-0.25, -0.2) is 19.4 Å². The molecule has 0 aromatic carbocycles. The third-order valence-electron chi connectivity index (χ3n) is 7.28. The molecule has 19 nitrogen and oxygen atoms in total. The third kappa shape index (κ3) is 11.3. The zero-order valence-electron chi connectivity index (χ0n) is 26.1. The number of rotatable bonds is 19. The molecule has 19 heteroatoms. The van der Waals surface area contributed by atoms with Gasteiger partial charge in [0.05, 0.1) is 5.39 Å². The number of nitrogens with one attached hydrogen (secondary N) is 4. The van der Waals surface area contributed by atoms with Crippen LogP contribution in [-0.4, -0.2) is 105 Å². The molecule has 3 heterocycles. The van der Waals surface area contributed by atoms with Gasteiger partial charge in [0.2, 0.25) is 17.7 Å². The van der Waals surface area contributed by atoms with E-state index in [1.807, 2.05) is 0 Å². The maximum Gasteiger partial charge on any atom is 0.326 e. The van der Waals surface area contributed by atoms with Crippen molar-refractivity contribution in [3.05, 3.63) is 47.2 Å². The second-order valence-corrected chi connectivity index (χ2v) is 11.0. The van der Waals surface area contributed by atoms with Crippen LogP contribution < -0.4 is 16.0 Å². The number of hydrogen-bond acceptors (Lipinski definition) is 11. The number of aromatic hydroxyl groups is 1. The molecule has 0 saturated carbocycles. The number of aryl methyl sites for hydroxylation is 3. The van der Waals surface area contributed by atoms with Crippen molar-refractivity contribution in [2.24, 2.45) is 0 Å². The Kier molecular flexibility index (Phi) is 13.1. The Hall–Kier alpha value is -6.14. The minimum atomic E-state index is -1.58. The van der Waals surface area contributed by atoms with Gasteiger partial charge in [0.15, 0.2) is 0 Å². The highest BCUT2D eigenvalue weighted by Gasteiger charge is 2.26. The van der Waals surface area contributed by atoms with Gasteiger partial charge in [0.1, 0.15) is 35.3 Å². The second kappa shape index (κ2) is 17.1. The molecular weight excluding hydrogens is 650 g/mol. The molecule has 49 heavy (non-hydrogen) atoms. The maximum absolute atomic E-state index is 12.7. The first-order valence-electron chi connectivity index (χ1n) is 14.9. The van der Waals surface area contributed by atoms with E-state index in [1.165, 1.54) is 12.3 Å². The van der Waals surface area contributed by atoms with Crippen molar-refractivity contribution >= 4 is 52.6 Å². The van der Waals surface area contributed by atoms with Crippen LogP contribution in [0, 0.1) is 6.92 Å². The Morgan fingerprint density at radius 3 is 1.82 bits per heavy atom. The van der Waals surface area contributed by atoms with Crippen LogP contribution in [0.5, 0.6) is 5.88 Å². The number of amides is 3. The van der Waals surface area contributed by atoms with Gasteiger partial charge in [-0.2, -0.15) is 4.98 Å². The molecule has 0 fully saturated rings. The standard InChI is InChI=1S/C30H35N7O12/c1-14-33-25-24(27(43)34-14)16(13-32-25)4-2-15-3-5-17(31-12-15)26(42)37-20(30(48)49)7-10-22(39)35-18(28(44)45)6-9-21(38)36-19(29(46)47)8-11-23(40)41/h3,5,12-13,18-20H,2,4,6-11H2,1H3,(H,35,39)(H,36,38)(H,37,42)(H,40,41)(H,44,45)(H,46,47)(H,48,49)(H2,32,33,34,43)/t18-,19-,20-/m0/s1. The Bertz CT molecular complexity index is 1720. The van der Waals surface area contributed by atoms with Crippen LogP contribution in [0.4, 0.5) is 0 Å². The molecule has 3 aromatic heterocycles. The summed E-state index contributed by atoms with van der Waals surface area (Å²) < 4.78 is 0. The van der Waals surface area contributed by atoms with Crippen molar-refractivity contribution in [2.45, 2.75) is 76.4 Å². The monoisotopic (exact) mass is 685 g/mol. The Labute approximate surface area is 277 Å². The fourth-order valence-electron chi connectivity index (χ4n) is 4.72. The van der Waals surface area contributed by atoms with Crippen LogP contribution >= 0.6 is 0 Å². The molecule has 0 aliphatic carbocycles. The van der Waals surface area contributed by atoms with Crippen molar-refractivity contribution in [3.63, 3.8) is 0 Å². The molecule has 0 saturated heterocycles. The number of aliphatic carboxylic acids is 4. The molecule has 0 bridgehead atoms. The number of hydrogen-bond donors (Lipinski definition) is 9. The van der Waals surface area contributed by atoms with Crippen molar-refractivity contribution in [1.29, 1.82) is 0 Å². The Morgan fingerprint density at radius 2 is 1.31 bits per heavy atom. The third-order valence-corrected chi connectivity index (χ3v) is 7.28. The molecule has 3 amide bonds. The summed E-state index contributed by atoms with van der Waals surface area (Å²) in [5, 5.41) is 54.1. The van der Waals surface area contributed by atoms with Gasteiger partial charge in [-0.05, 0) is 56.2 Å². The summed E-state index contributed by atoms with van der Waals surface area (Å²) in [6.45, 7) is 1.66. The topological polar surface area (TPSA) is 311 Å². The molecule has 262 valence electrons. The maximum atomic E-state index is 12.7. The van der Waals surface area contributed by atoms with Crippen molar-refractivity contribution in [3.8, 4) is 5.88 Å². The summed E-state index contributed by atoms with van der Waals surface area (Å²) in [5.41, 5.74) is 1.93. The smallest absolute Gasteiger partial charge is 0.326 e. The molecule has 0 aliphatic rings. The van der Waals surface area contributed by atoms with Crippen molar-refractivity contribution in [1.82, 2.24) is 35.9 Å². The summed E-state index contributed by atoms with van der Waals surface area (Å²) in [7, 11) is 0. The number of carbonyl (C=O) groups excluding carboxylic acids is 3. The van der Waals surface area contributed by atoms with Crippen molar-refractivity contribution < 1.29 is 59.1 Å². The lowest BCUT2D eigenvalue weighted by Gasteiger charge is -2.18. The number of carboxylic acids is 4. The lowest BCUT2D eigenvalue weighted by atomic mass is 10.1. The lowest BCUT2D eigenvalue weighted by molar-refractivity contribution is -0.144. The van der Waals surface area contributed by atoms with Gasteiger partial charge in [0, 0.05) is 31.7 Å². The van der Waals surface area contributed by atoms with E-state index < -0.39 is 98.2 Å². The van der Waals surface area contributed by atoms with E-state index in [-0.39, 0.29) is 11.6 Å². The van der Waals surface area contributed by atoms with E-state index in [4.69, 9.17) is 10.2 Å². The van der Waals surface area contributed by atoms with Crippen LogP contribution in [0.2, 0.25) is 0 Å². The number of fused-ring (bicyclic) bond motifs is 1. The minimum Gasteiger partial charge on any atom is -0.493 e. The molecule has 0 aliphatic heterocycles. The number of aromatic amines is 1. The summed E-state index contributed by atoms with van der Waals surface area (Å²) in [4.78, 5) is 97.9. The summed E-state index contributed by atoms with van der Waals surface area (Å²) >= 11 is 0.